The number of benzene rings is 2. The molecule has 0 aromatic heterocycles. The summed E-state index contributed by atoms with van der Waals surface area (Å²) in [6.45, 7) is 3.07. The summed E-state index contributed by atoms with van der Waals surface area (Å²) >= 11 is 0. The van der Waals surface area contributed by atoms with E-state index in [9.17, 15) is 22.4 Å². The zero-order chi connectivity index (χ0) is 23.3. The molecule has 8 nitrogen and oxygen atoms in total. The lowest BCUT2D eigenvalue weighted by Crippen LogP contribution is -2.46. The number of carbonyl (C=O) groups is 2. The van der Waals surface area contributed by atoms with Crippen molar-refractivity contribution in [1.29, 1.82) is 0 Å². The molecular formula is C22H26FN3O5S. The molecule has 172 valence electrons. The summed E-state index contributed by atoms with van der Waals surface area (Å²) in [5, 5.41) is 2.82. The number of halogens is 1. The van der Waals surface area contributed by atoms with Gasteiger partial charge >= 0.3 is 5.97 Å². The van der Waals surface area contributed by atoms with E-state index < -0.39 is 21.8 Å². The minimum atomic E-state index is -3.73. The standard InChI is InChI=1S/C22H26FN3O5S/c1-15-3-4-16(22(28)31-2)13-20(15)24-21(27)14-26-11-9-18(10-12-26)25-32(29,30)19-7-5-17(23)6-8-19/h3-8,13,18,25H,9-12,14H2,1-2H3,(H,24,27). The maximum Gasteiger partial charge on any atom is 0.337 e. The molecule has 1 aliphatic rings. The predicted molar refractivity (Wildman–Crippen MR) is 117 cm³/mol. The fraction of sp³-hybridized carbons (Fsp3) is 0.364. The van der Waals surface area contributed by atoms with E-state index in [2.05, 4.69) is 10.0 Å². The van der Waals surface area contributed by atoms with Crippen molar-refractivity contribution in [3.05, 3.63) is 59.4 Å². The van der Waals surface area contributed by atoms with Gasteiger partial charge in [-0.2, -0.15) is 0 Å². The number of carbonyl (C=O) groups excluding carboxylic acids is 2. The van der Waals surface area contributed by atoms with E-state index in [0.29, 0.717) is 37.2 Å². The topological polar surface area (TPSA) is 105 Å². The molecule has 1 aliphatic heterocycles. The molecule has 0 unspecified atom stereocenters. The summed E-state index contributed by atoms with van der Waals surface area (Å²) in [6.07, 6.45) is 1.09. The Morgan fingerprint density at radius 1 is 1.12 bits per heavy atom. The number of hydrogen-bond acceptors (Lipinski definition) is 6. The number of methoxy groups -OCH3 is 1. The number of sulfonamides is 1. The molecule has 2 aromatic rings. The fourth-order valence-corrected chi connectivity index (χ4v) is 4.81. The largest absolute Gasteiger partial charge is 0.465 e. The lowest BCUT2D eigenvalue weighted by Gasteiger charge is -2.31. The first-order valence-electron chi connectivity index (χ1n) is 10.2. The van der Waals surface area contributed by atoms with Crippen molar-refractivity contribution in [2.45, 2.75) is 30.7 Å². The van der Waals surface area contributed by atoms with E-state index in [1.807, 2.05) is 11.8 Å². The van der Waals surface area contributed by atoms with Gasteiger partial charge in [0.2, 0.25) is 15.9 Å². The number of likely N-dealkylation sites (tertiary alicyclic amines) is 1. The Labute approximate surface area is 186 Å². The molecule has 1 heterocycles. The van der Waals surface area contributed by atoms with Crippen LogP contribution in [0.3, 0.4) is 0 Å². The van der Waals surface area contributed by atoms with Crippen molar-refractivity contribution in [2.75, 3.05) is 32.1 Å². The van der Waals surface area contributed by atoms with Crippen LogP contribution in [0, 0.1) is 12.7 Å². The van der Waals surface area contributed by atoms with Gasteiger partial charge in [-0.15, -0.1) is 0 Å². The second-order valence-electron chi connectivity index (χ2n) is 7.70. The van der Waals surface area contributed by atoms with Gasteiger partial charge in [0.15, 0.2) is 0 Å². The van der Waals surface area contributed by atoms with E-state index >= 15 is 0 Å². The Kier molecular flexibility index (Phi) is 7.60. The van der Waals surface area contributed by atoms with Crippen LogP contribution >= 0.6 is 0 Å². The summed E-state index contributed by atoms with van der Waals surface area (Å²) < 4.78 is 45.3. The van der Waals surface area contributed by atoms with Crippen LogP contribution in [0.5, 0.6) is 0 Å². The second-order valence-corrected chi connectivity index (χ2v) is 9.41. The molecule has 1 amide bonds. The van der Waals surface area contributed by atoms with Gasteiger partial charge in [0.05, 0.1) is 24.1 Å². The van der Waals surface area contributed by atoms with Crippen LogP contribution in [-0.2, 0) is 19.6 Å². The Bertz CT molecular complexity index is 1080. The quantitative estimate of drug-likeness (QED) is 0.611. The lowest BCUT2D eigenvalue weighted by atomic mass is 10.1. The maximum atomic E-state index is 13.0. The first-order valence-corrected chi connectivity index (χ1v) is 11.7. The number of amides is 1. The highest BCUT2D eigenvalue weighted by Gasteiger charge is 2.25. The second kappa shape index (κ2) is 10.2. The molecule has 10 heteroatoms. The number of anilines is 1. The van der Waals surface area contributed by atoms with Gasteiger partial charge in [0, 0.05) is 24.8 Å². The molecule has 1 fully saturated rings. The Hall–Kier alpha value is -2.82. The molecule has 2 aromatic carbocycles. The van der Waals surface area contributed by atoms with Crippen molar-refractivity contribution in [2.24, 2.45) is 0 Å². The third-order valence-corrected chi connectivity index (χ3v) is 6.87. The van der Waals surface area contributed by atoms with Gasteiger partial charge in [-0.25, -0.2) is 22.3 Å². The maximum absolute atomic E-state index is 13.0. The zero-order valence-electron chi connectivity index (χ0n) is 17.9. The number of piperidine rings is 1. The predicted octanol–water partition coefficient (Wildman–Crippen LogP) is 2.30. The monoisotopic (exact) mass is 463 g/mol. The van der Waals surface area contributed by atoms with Crippen LogP contribution in [-0.4, -0.2) is 58.0 Å². The molecule has 1 saturated heterocycles. The Morgan fingerprint density at radius 2 is 1.78 bits per heavy atom. The van der Waals surface area contributed by atoms with Gasteiger partial charge in [0.25, 0.3) is 0 Å². The van der Waals surface area contributed by atoms with Gasteiger partial charge in [-0.1, -0.05) is 6.07 Å². The number of nitrogens with one attached hydrogen (secondary N) is 2. The average molecular weight is 464 g/mol. The number of hydrogen-bond donors (Lipinski definition) is 2. The van der Waals surface area contributed by atoms with Crippen LogP contribution in [0.25, 0.3) is 0 Å². The number of aryl methyl sites for hydroxylation is 1. The first-order chi connectivity index (χ1) is 15.2. The molecule has 0 atom stereocenters. The van der Waals surface area contributed by atoms with Gasteiger partial charge in [0.1, 0.15) is 5.82 Å². The number of nitrogens with zero attached hydrogens (tertiary/aromatic N) is 1. The van der Waals surface area contributed by atoms with E-state index in [1.165, 1.54) is 19.2 Å². The van der Waals surface area contributed by atoms with Crippen molar-refractivity contribution in [3.63, 3.8) is 0 Å². The molecule has 0 bridgehead atoms. The first kappa shape index (κ1) is 23.8. The van der Waals surface area contributed by atoms with Crippen molar-refractivity contribution in [3.8, 4) is 0 Å². The molecule has 3 rings (SSSR count). The molecular weight excluding hydrogens is 437 g/mol. The van der Waals surface area contributed by atoms with Gasteiger partial charge in [-0.05, 0) is 61.7 Å². The smallest absolute Gasteiger partial charge is 0.337 e. The Balaban J connectivity index is 1.51. The average Bonchev–Trinajstić information content (AvgIpc) is 2.76. The normalized spacial score (nSPS) is 15.3. The van der Waals surface area contributed by atoms with E-state index in [1.54, 1.807) is 18.2 Å². The number of esters is 1. The highest BCUT2D eigenvalue weighted by atomic mass is 32.2. The van der Waals surface area contributed by atoms with Crippen LogP contribution in [0.1, 0.15) is 28.8 Å². The Morgan fingerprint density at radius 3 is 2.41 bits per heavy atom. The number of rotatable bonds is 7. The minimum absolute atomic E-state index is 0.0188. The SMILES string of the molecule is COC(=O)c1ccc(C)c(NC(=O)CN2CCC(NS(=O)(=O)c3ccc(F)cc3)CC2)c1. The third-order valence-electron chi connectivity index (χ3n) is 5.33. The molecule has 0 radical (unpaired) electrons. The summed E-state index contributed by atoms with van der Waals surface area (Å²) in [5.74, 6) is -1.20. The molecule has 2 N–H and O–H groups in total. The zero-order valence-corrected chi connectivity index (χ0v) is 18.7. The van der Waals surface area contributed by atoms with E-state index in [0.717, 1.165) is 17.7 Å². The molecule has 0 aliphatic carbocycles. The van der Waals surface area contributed by atoms with Crippen LogP contribution in [0.2, 0.25) is 0 Å². The molecule has 0 saturated carbocycles. The summed E-state index contributed by atoms with van der Waals surface area (Å²) in [4.78, 5) is 26.2. The van der Waals surface area contributed by atoms with Crippen LogP contribution in [0.15, 0.2) is 47.4 Å². The van der Waals surface area contributed by atoms with Crippen molar-refractivity contribution < 1.29 is 27.1 Å². The van der Waals surface area contributed by atoms with Crippen molar-refractivity contribution >= 4 is 27.6 Å². The minimum Gasteiger partial charge on any atom is -0.465 e. The van der Waals surface area contributed by atoms with E-state index in [4.69, 9.17) is 4.74 Å². The van der Waals surface area contributed by atoms with Crippen molar-refractivity contribution in [1.82, 2.24) is 9.62 Å². The molecule has 32 heavy (non-hydrogen) atoms. The summed E-state index contributed by atoms with van der Waals surface area (Å²) in [5.41, 5.74) is 1.71. The highest BCUT2D eigenvalue weighted by Crippen LogP contribution is 2.19. The summed E-state index contributed by atoms with van der Waals surface area (Å²) in [7, 11) is -2.43. The van der Waals surface area contributed by atoms with Gasteiger partial charge < -0.3 is 10.1 Å². The number of ether oxygens (including phenoxy) is 1. The highest BCUT2D eigenvalue weighted by molar-refractivity contribution is 7.89. The third kappa shape index (κ3) is 6.12. The summed E-state index contributed by atoms with van der Waals surface area (Å²) in [6, 6.07) is 9.37. The molecule has 0 spiro atoms. The van der Waals surface area contributed by atoms with Crippen LogP contribution in [0.4, 0.5) is 10.1 Å². The van der Waals surface area contributed by atoms with E-state index in [-0.39, 0.29) is 23.4 Å². The lowest BCUT2D eigenvalue weighted by molar-refractivity contribution is -0.117. The van der Waals surface area contributed by atoms with Gasteiger partial charge in [-0.3, -0.25) is 9.69 Å². The fourth-order valence-electron chi connectivity index (χ4n) is 3.50. The van der Waals surface area contributed by atoms with Crippen LogP contribution < -0.4 is 10.0 Å².